The lowest BCUT2D eigenvalue weighted by Crippen LogP contribution is -2.09. The first-order valence-electron chi connectivity index (χ1n) is 5.88. The SMILES string of the molecule is CCc1ccc(C)c(/C(=C\N)CCNC)c1. The quantitative estimate of drug-likeness (QED) is 0.796. The Morgan fingerprint density at radius 1 is 1.44 bits per heavy atom. The smallest absolute Gasteiger partial charge is 0.00106 e. The lowest BCUT2D eigenvalue weighted by Gasteiger charge is -2.11. The van der Waals surface area contributed by atoms with Crippen LogP contribution in [-0.2, 0) is 6.42 Å². The molecule has 0 aliphatic carbocycles. The first-order valence-corrected chi connectivity index (χ1v) is 5.88. The van der Waals surface area contributed by atoms with Gasteiger partial charge in [0.2, 0.25) is 0 Å². The summed E-state index contributed by atoms with van der Waals surface area (Å²) in [5.74, 6) is 0. The van der Waals surface area contributed by atoms with Gasteiger partial charge in [-0.05, 0) is 61.8 Å². The van der Waals surface area contributed by atoms with Crippen LogP contribution in [0.3, 0.4) is 0 Å². The zero-order valence-electron chi connectivity index (χ0n) is 10.5. The van der Waals surface area contributed by atoms with Crippen LogP contribution in [-0.4, -0.2) is 13.6 Å². The Bertz CT molecular complexity index is 367. The van der Waals surface area contributed by atoms with E-state index in [0.29, 0.717) is 0 Å². The summed E-state index contributed by atoms with van der Waals surface area (Å²) in [4.78, 5) is 0. The number of hydrogen-bond acceptors (Lipinski definition) is 2. The van der Waals surface area contributed by atoms with Crippen molar-refractivity contribution in [1.29, 1.82) is 0 Å². The summed E-state index contributed by atoms with van der Waals surface area (Å²) in [7, 11) is 1.96. The van der Waals surface area contributed by atoms with Crippen molar-refractivity contribution >= 4 is 5.57 Å². The van der Waals surface area contributed by atoms with E-state index >= 15 is 0 Å². The molecule has 0 amide bonds. The van der Waals surface area contributed by atoms with Crippen LogP contribution in [0.1, 0.15) is 30.0 Å². The van der Waals surface area contributed by atoms with Gasteiger partial charge in [0.1, 0.15) is 0 Å². The fraction of sp³-hybridized carbons (Fsp3) is 0.429. The minimum Gasteiger partial charge on any atom is -0.404 e. The number of nitrogens with one attached hydrogen (secondary N) is 1. The van der Waals surface area contributed by atoms with E-state index in [9.17, 15) is 0 Å². The minimum atomic E-state index is 0.957. The van der Waals surface area contributed by atoms with Crippen molar-refractivity contribution in [3.05, 3.63) is 41.1 Å². The van der Waals surface area contributed by atoms with Crippen molar-refractivity contribution in [2.45, 2.75) is 26.7 Å². The van der Waals surface area contributed by atoms with Gasteiger partial charge in [0.25, 0.3) is 0 Å². The predicted molar refractivity (Wildman–Crippen MR) is 71.3 cm³/mol. The third kappa shape index (κ3) is 3.11. The maximum atomic E-state index is 5.72. The van der Waals surface area contributed by atoms with Gasteiger partial charge in [0.05, 0.1) is 0 Å². The molecule has 0 heterocycles. The maximum absolute atomic E-state index is 5.72. The van der Waals surface area contributed by atoms with Crippen LogP contribution in [0.15, 0.2) is 24.4 Å². The molecule has 3 N–H and O–H groups in total. The lowest BCUT2D eigenvalue weighted by atomic mass is 9.96. The molecule has 0 unspecified atom stereocenters. The van der Waals surface area contributed by atoms with E-state index in [-0.39, 0.29) is 0 Å². The summed E-state index contributed by atoms with van der Waals surface area (Å²) in [6.45, 7) is 5.27. The molecule has 2 nitrogen and oxygen atoms in total. The molecule has 2 heteroatoms. The molecule has 88 valence electrons. The van der Waals surface area contributed by atoms with Crippen LogP contribution < -0.4 is 11.1 Å². The predicted octanol–water partition coefficient (Wildman–Crippen LogP) is 2.47. The summed E-state index contributed by atoms with van der Waals surface area (Å²) in [5, 5.41) is 3.15. The molecular formula is C14H22N2. The topological polar surface area (TPSA) is 38.0 Å². The molecule has 0 aliphatic rings. The Balaban J connectivity index is 2.99. The van der Waals surface area contributed by atoms with Gasteiger partial charge in [0.15, 0.2) is 0 Å². The Morgan fingerprint density at radius 2 is 2.19 bits per heavy atom. The van der Waals surface area contributed by atoms with Gasteiger partial charge >= 0.3 is 0 Å². The number of benzene rings is 1. The molecule has 0 fully saturated rings. The fourth-order valence-electron chi connectivity index (χ4n) is 1.80. The van der Waals surface area contributed by atoms with Crippen molar-refractivity contribution in [2.75, 3.05) is 13.6 Å². The van der Waals surface area contributed by atoms with Crippen molar-refractivity contribution in [2.24, 2.45) is 5.73 Å². The highest BCUT2D eigenvalue weighted by molar-refractivity contribution is 5.68. The normalized spacial score (nSPS) is 11.8. The van der Waals surface area contributed by atoms with Crippen molar-refractivity contribution < 1.29 is 0 Å². The molecule has 0 spiro atoms. The Labute approximate surface area is 98.6 Å². The van der Waals surface area contributed by atoms with E-state index < -0.39 is 0 Å². The van der Waals surface area contributed by atoms with E-state index in [2.05, 4.69) is 37.4 Å². The van der Waals surface area contributed by atoms with E-state index in [1.165, 1.54) is 22.3 Å². The fourth-order valence-corrected chi connectivity index (χ4v) is 1.80. The third-order valence-corrected chi connectivity index (χ3v) is 2.90. The summed E-state index contributed by atoms with van der Waals surface area (Å²) in [6, 6.07) is 6.62. The van der Waals surface area contributed by atoms with Crippen molar-refractivity contribution in [3.63, 3.8) is 0 Å². The lowest BCUT2D eigenvalue weighted by molar-refractivity contribution is 0.814. The second kappa shape index (κ2) is 6.33. The highest BCUT2D eigenvalue weighted by atomic mass is 14.8. The van der Waals surface area contributed by atoms with Crippen molar-refractivity contribution in [3.8, 4) is 0 Å². The van der Waals surface area contributed by atoms with E-state index in [4.69, 9.17) is 5.73 Å². The third-order valence-electron chi connectivity index (χ3n) is 2.90. The van der Waals surface area contributed by atoms with Crippen LogP contribution >= 0.6 is 0 Å². The van der Waals surface area contributed by atoms with Crippen LogP contribution in [0.25, 0.3) is 5.57 Å². The van der Waals surface area contributed by atoms with Crippen LogP contribution in [0.4, 0.5) is 0 Å². The molecule has 1 aromatic carbocycles. The highest BCUT2D eigenvalue weighted by Gasteiger charge is 2.05. The molecule has 0 saturated heterocycles. The van der Waals surface area contributed by atoms with Gasteiger partial charge < -0.3 is 11.1 Å². The highest BCUT2D eigenvalue weighted by Crippen LogP contribution is 2.22. The summed E-state index contributed by atoms with van der Waals surface area (Å²) >= 11 is 0. The van der Waals surface area contributed by atoms with Gasteiger partial charge in [-0.25, -0.2) is 0 Å². The summed E-state index contributed by atoms with van der Waals surface area (Å²) in [5.41, 5.74) is 10.9. The van der Waals surface area contributed by atoms with Gasteiger partial charge in [-0.1, -0.05) is 25.1 Å². The Morgan fingerprint density at radius 3 is 2.75 bits per heavy atom. The minimum absolute atomic E-state index is 0.957. The maximum Gasteiger partial charge on any atom is -0.00106 e. The van der Waals surface area contributed by atoms with Crippen LogP contribution in [0.5, 0.6) is 0 Å². The average molecular weight is 218 g/mol. The first kappa shape index (κ1) is 12.8. The average Bonchev–Trinajstić information content (AvgIpc) is 2.32. The number of aryl methyl sites for hydroxylation is 2. The second-order valence-corrected chi connectivity index (χ2v) is 4.05. The Hall–Kier alpha value is -1.28. The zero-order chi connectivity index (χ0) is 12.0. The van der Waals surface area contributed by atoms with Gasteiger partial charge in [-0.2, -0.15) is 0 Å². The number of nitrogens with two attached hydrogens (primary N) is 1. The van der Waals surface area contributed by atoms with E-state index in [1.807, 2.05) is 7.05 Å². The summed E-state index contributed by atoms with van der Waals surface area (Å²) < 4.78 is 0. The first-order chi connectivity index (χ1) is 7.72. The van der Waals surface area contributed by atoms with Gasteiger partial charge in [-0.15, -0.1) is 0 Å². The molecule has 0 radical (unpaired) electrons. The summed E-state index contributed by atoms with van der Waals surface area (Å²) in [6.07, 6.45) is 3.78. The van der Waals surface area contributed by atoms with E-state index in [1.54, 1.807) is 6.20 Å². The number of hydrogen-bond donors (Lipinski definition) is 2. The van der Waals surface area contributed by atoms with Crippen LogP contribution in [0.2, 0.25) is 0 Å². The largest absolute Gasteiger partial charge is 0.404 e. The molecule has 0 atom stereocenters. The Kier molecular flexibility index (Phi) is 5.06. The molecular weight excluding hydrogens is 196 g/mol. The van der Waals surface area contributed by atoms with Gasteiger partial charge in [-0.3, -0.25) is 0 Å². The molecule has 0 saturated carbocycles. The van der Waals surface area contributed by atoms with Gasteiger partial charge in [0, 0.05) is 0 Å². The standard InChI is InChI=1S/C14H22N2/c1-4-12-6-5-11(2)14(9-12)13(10-15)7-8-16-3/h5-6,9-10,16H,4,7-8,15H2,1-3H3/b13-10-. The molecule has 0 aliphatic heterocycles. The molecule has 0 aromatic heterocycles. The zero-order valence-corrected chi connectivity index (χ0v) is 10.5. The molecule has 1 rings (SSSR count). The van der Waals surface area contributed by atoms with Crippen LogP contribution in [0, 0.1) is 6.92 Å². The second-order valence-electron chi connectivity index (χ2n) is 4.05. The monoisotopic (exact) mass is 218 g/mol. The molecule has 16 heavy (non-hydrogen) atoms. The molecule has 1 aromatic rings. The molecule has 0 bridgehead atoms. The van der Waals surface area contributed by atoms with E-state index in [0.717, 1.165) is 19.4 Å². The number of rotatable bonds is 5. The van der Waals surface area contributed by atoms with Crippen molar-refractivity contribution in [1.82, 2.24) is 5.32 Å².